The number of hydrogen-bond donors (Lipinski definition) is 3. The lowest BCUT2D eigenvalue weighted by atomic mass is 10.2. The molecule has 1 rings (SSSR count). The van der Waals surface area contributed by atoms with Gasteiger partial charge >= 0.3 is 5.97 Å². The largest absolute Gasteiger partial charge is 0.478 e. The van der Waals surface area contributed by atoms with E-state index in [0.29, 0.717) is 0 Å². The molecule has 0 bridgehead atoms. The fourth-order valence-electron chi connectivity index (χ4n) is 0.978. The minimum atomic E-state index is -1.36. The number of carboxylic acid groups (broad SMARTS) is 1. The Balaban J connectivity index is 2.81. The summed E-state index contributed by atoms with van der Waals surface area (Å²) >= 11 is 0. The Morgan fingerprint density at radius 2 is 2.31 bits per heavy atom. The van der Waals surface area contributed by atoms with Gasteiger partial charge in [-0.1, -0.05) is 11.8 Å². The predicted molar refractivity (Wildman–Crippen MR) is 54.5 cm³/mol. The van der Waals surface area contributed by atoms with Gasteiger partial charge in [0.25, 0.3) is 0 Å². The van der Waals surface area contributed by atoms with Crippen molar-refractivity contribution in [2.45, 2.75) is 0 Å². The maximum Gasteiger partial charge on any atom is 0.338 e. The first-order valence-corrected chi connectivity index (χ1v) is 4.35. The third kappa shape index (κ3) is 2.93. The van der Waals surface area contributed by atoms with Crippen molar-refractivity contribution in [1.29, 1.82) is 0 Å². The van der Waals surface area contributed by atoms with Crippen LogP contribution in [0, 0.1) is 17.7 Å². The molecule has 0 atom stereocenters. The first kappa shape index (κ1) is 11.9. The number of carboxylic acids is 1. The number of aliphatic hydroxyl groups is 1. The monoisotopic (exact) mass is 224 g/mol. The average molecular weight is 224 g/mol. The van der Waals surface area contributed by atoms with E-state index in [-0.39, 0.29) is 19.0 Å². The van der Waals surface area contributed by atoms with E-state index in [1.807, 2.05) is 0 Å². The first-order chi connectivity index (χ1) is 7.66. The van der Waals surface area contributed by atoms with Gasteiger partial charge in [-0.2, -0.15) is 0 Å². The van der Waals surface area contributed by atoms with Crippen LogP contribution in [0.3, 0.4) is 0 Å². The Morgan fingerprint density at radius 1 is 1.56 bits per heavy atom. The summed E-state index contributed by atoms with van der Waals surface area (Å²) in [7, 11) is 0. The highest BCUT2D eigenvalue weighted by molar-refractivity contribution is 5.88. The Morgan fingerprint density at radius 3 is 2.94 bits per heavy atom. The molecule has 0 aromatic carbocycles. The Bertz CT molecular complexity index is 451. The minimum absolute atomic E-state index is 0.0769. The maximum absolute atomic E-state index is 13.4. The van der Waals surface area contributed by atoms with Crippen LogP contribution in [0.4, 0.5) is 10.2 Å². The maximum atomic E-state index is 13.4. The second-order valence-electron chi connectivity index (χ2n) is 2.69. The van der Waals surface area contributed by atoms with E-state index < -0.39 is 17.3 Å². The lowest BCUT2D eigenvalue weighted by Gasteiger charge is -2.04. The van der Waals surface area contributed by atoms with Crippen LogP contribution in [-0.4, -0.2) is 34.3 Å². The molecular formula is C10H9FN2O3. The van der Waals surface area contributed by atoms with E-state index in [2.05, 4.69) is 22.1 Å². The zero-order chi connectivity index (χ0) is 12.0. The highest BCUT2D eigenvalue weighted by atomic mass is 19.1. The summed E-state index contributed by atoms with van der Waals surface area (Å²) in [4.78, 5) is 14.2. The molecular weight excluding hydrogens is 215 g/mol. The zero-order valence-corrected chi connectivity index (χ0v) is 8.20. The fraction of sp³-hybridized carbons (Fsp3) is 0.200. The van der Waals surface area contributed by atoms with Gasteiger partial charge in [-0.05, 0) is 6.07 Å². The summed E-state index contributed by atoms with van der Waals surface area (Å²) in [5, 5.41) is 19.5. The molecule has 0 radical (unpaired) electrons. The molecule has 0 spiro atoms. The third-order valence-corrected chi connectivity index (χ3v) is 1.67. The van der Waals surface area contributed by atoms with Crippen LogP contribution in [0.25, 0.3) is 0 Å². The van der Waals surface area contributed by atoms with Crippen LogP contribution in [0.5, 0.6) is 0 Å². The summed E-state index contributed by atoms with van der Waals surface area (Å²) in [6, 6.07) is 1.07. The molecule has 84 valence electrons. The summed E-state index contributed by atoms with van der Waals surface area (Å²) < 4.78 is 13.4. The van der Waals surface area contributed by atoms with Crippen molar-refractivity contribution in [2.24, 2.45) is 0 Å². The van der Waals surface area contributed by atoms with Crippen molar-refractivity contribution in [2.75, 3.05) is 18.5 Å². The van der Waals surface area contributed by atoms with E-state index in [0.717, 1.165) is 6.07 Å². The van der Waals surface area contributed by atoms with Gasteiger partial charge in [0.1, 0.15) is 12.2 Å². The number of rotatable bonds is 3. The van der Waals surface area contributed by atoms with Crippen molar-refractivity contribution in [1.82, 2.24) is 4.98 Å². The second kappa shape index (κ2) is 5.68. The molecule has 0 aliphatic rings. The Kier molecular flexibility index (Phi) is 4.24. The topological polar surface area (TPSA) is 82.5 Å². The summed E-state index contributed by atoms with van der Waals surface area (Å²) in [5.41, 5.74) is -0.451. The Labute approximate surface area is 90.9 Å². The molecule has 1 heterocycles. The summed E-state index contributed by atoms with van der Waals surface area (Å²) in [6.07, 6.45) is 1.19. The van der Waals surface area contributed by atoms with Crippen LogP contribution in [0.1, 0.15) is 10.4 Å². The van der Waals surface area contributed by atoms with Crippen LogP contribution in [0.15, 0.2) is 12.3 Å². The average Bonchev–Trinajstić information content (AvgIpc) is 2.26. The molecule has 3 N–H and O–H groups in total. The number of aliphatic hydroxyl groups excluding tert-OH is 1. The number of aromatic carboxylic acids is 1. The van der Waals surface area contributed by atoms with Crippen LogP contribution < -0.4 is 5.32 Å². The molecule has 5 nitrogen and oxygen atoms in total. The molecule has 6 heteroatoms. The van der Waals surface area contributed by atoms with Crippen molar-refractivity contribution < 1.29 is 19.4 Å². The van der Waals surface area contributed by atoms with Crippen LogP contribution in [0.2, 0.25) is 0 Å². The van der Waals surface area contributed by atoms with E-state index in [1.165, 1.54) is 6.20 Å². The van der Waals surface area contributed by atoms with Gasteiger partial charge in [0.15, 0.2) is 11.6 Å². The number of nitrogens with one attached hydrogen (secondary N) is 1. The number of nitrogens with zero attached hydrogens (tertiary/aromatic N) is 1. The standard InChI is InChI=1S/C10H9FN2O3/c11-8-7(10(15)16)3-5-13-9(8)12-4-1-2-6-14/h3,5,14H,4,6H2,(H,12,13)(H,15,16). The molecule has 0 saturated carbocycles. The van der Waals surface area contributed by atoms with Gasteiger partial charge in [-0.3, -0.25) is 0 Å². The van der Waals surface area contributed by atoms with Crippen LogP contribution >= 0.6 is 0 Å². The molecule has 0 fully saturated rings. The summed E-state index contributed by atoms with van der Waals surface area (Å²) in [5.74, 6) is 2.39. The molecule has 1 aromatic heterocycles. The fourth-order valence-corrected chi connectivity index (χ4v) is 0.978. The van der Waals surface area contributed by atoms with Gasteiger partial charge in [0, 0.05) is 6.20 Å². The van der Waals surface area contributed by atoms with E-state index in [4.69, 9.17) is 10.2 Å². The summed E-state index contributed by atoms with van der Waals surface area (Å²) in [6.45, 7) is -0.208. The van der Waals surface area contributed by atoms with Gasteiger partial charge in [-0.25, -0.2) is 14.2 Å². The van der Waals surface area contributed by atoms with Gasteiger partial charge in [0.05, 0.1) is 6.54 Å². The number of pyridine rings is 1. The van der Waals surface area contributed by atoms with Crippen LogP contribution in [-0.2, 0) is 0 Å². The third-order valence-electron chi connectivity index (χ3n) is 1.67. The molecule has 16 heavy (non-hydrogen) atoms. The number of aromatic nitrogens is 1. The van der Waals surface area contributed by atoms with Crippen molar-refractivity contribution in [3.8, 4) is 11.8 Å². The first-order valence-electron chi connectivity index (χ1n) is 4.35. The van der Waals surface area contributed by atoms with Crippen molar-refractivity contribution in [3.05, 3.63) is 23.6 Å². The number of anilines is 1. The molecule has 0 unspecified atom stereocenters. The number of carbonyl (C=O) groups is 1. The number of hydrogen-bond acceptors (Lipinski definition) is 4. The molecule has 1 aromatic rings. The van der Waals surface area contributed by atoms with E-state index in [1.54, 1.807) is 0 Å². The zero-order valence-electron chi connectivity index (χ0n) is 8.20. The normalized spacial score (nSPS) is 9.12. The molecule has 0 aliphatic carbocycles. The van der Waals surface area contributed by atoms with Crippen molar-refractivity contribution in [3.63, 3.8) is 0 Å². The van der Waals surface area contributed by atoms with E-state index >= 15 is 0 Å². The second-order valence-corrected chi connectivity index (χ2v) is 2.69. The van der Waals surface area contributed by atoms with Gasteiger partial charge in [-0.15, -0.1) is 0 Å². The lowest BCUT2D eigenvalue weighted by Crippen LogP contribution is -2.08. The number of halogens is 1. The van der Waals surface area contributed by atoms with Gasteiger partial charge < -0.3 is 15.5 Å². The molecule has 0 amide bonds. The predicted octanol–water partition coefficient (Wildman–Crippen LogP) is 0.326. The SMILES string of the molecule is O=C(O)c1ccnc(NCC#CCO)c1F. The van der Waals surface area contributed by atoms with Gasteiger partial charge in [0.2, 0.25) is 0 Å². The highest BCUT2D eigenvalue weighted by Gasteiger charge is 2.14. The molecule has 0 aliphatic heterocycles. The van der Waals surface area contributed by atoms with Crippen molar-refractivity contribution >= 4 is 11.8 Å². The molecule has 0 saturated heterocycles. The van der Waals surface area contributed by atoms with E-state index in [9.17, 15) is 9.18 Å². The quantitative estimate of drug-likeness (QED) is 0.644. The Hall–Kier alpha value is -2.13. The smallest absolute Gasteiger partial charge is 0.338 e. The lowest BCUT2D eigenvalue weighted by molar-refractivity contribution is 0.0692. The minimum Gasteiger partial charge on any atom is -0.478 e. The highest BCUT2D eigenvalue weighted by Crippen LogP contribution is 2.14.